The predicted molar refractivity (Wildman–Crippen MR) is 151 cm³/mol. The summed E-state index contributed by atoms with van der Waals surface area (Å²) >= 11 is 12.2. The van der Waals surface area contributed by atoms with Crippen LogP contribution in [0.4, 0.5) is 0 Å². The van der Waals surface area contributed by atoms with Crippen molar-refractivity contribution in [1.82, 2.24) is 5.32 Å². The van der Waals surface area contributed by atoms with Gasteiger partial charge in [0.25, 0.3) is 0 Å². The Morgan fingerprint density at radius 1 is 1.11 bits per heavy atom. The van der Waals surface area contributed by atoms with Gasteiger partial charge in [0.2, 0.25) is 5.91 Å². The number of hydrogen-bond donors (Lipinski definition) is 2. The maximum atomic E-state index is 13.1. The number of piperidine rings is 1. The summed E-state index contributed by atoms with van der Waals surface area (Å²) in [5.41, 5.74) is 2.10. The third-order valence-electron chi connectivity index (χ3n) is 9.13. The summed E-state index contributed by atoms with van der Waals surface area (Å²) in [6, 6.07) is 13.5. The third kappa shape index (κ3) is 6.13. The van der Waals surface area contributed by atoms with Gasteiger partial charge in [-0.3, -0.25) is 4.79 Å². The first-order valence-corrected chi connectivity index (χ1v) is 14.8. The Kier molecular flexibility index (Phi) is 7.82. The number of phenolic OH excluding ortho intramolecular Hbond substituents is 1. The zero-order valence-electron chi connectivity index (χ0n) is 22.2. The number of nitrogens with zero attached hydrogens (tertiary/aromatic N) is 1. The molecule has 0 spiro atoms. The lowest BCUT2D eigenvalue weighted by atomic mass is 9.57. The SMILES string of the molecule is CC(C)C[N@+]1(CC2CC2)CC[C@]2(c3cccc(O)c3)C[C@H](NC(=O)Cc3ccc(Cl)c(Cl)c3)CCC2C1. The van der Waals surface area contributed by atoms with Crippen LogP contribution in [0.25, 0.3) is 0 Å². The third-order valence-corrected chi connectivity index (χ3v) is 9.86. The van der Waals surface area contributed by atoms with Gasteiger partial charge in [-0.15, -0.1) is 0 Å². The largest absolute Gasteiger partial charge is 0.508 e. The Labute approximate surface area is 231 Å². The molecule has 4 atom stereocenters. The summed E-state index contributed by atoms with van der Waals surface area (Å²) in [5.74, 6) is 2.52. The molecule has 2 aromatic rings. The van der Waals surface area contributed by atoms with Gasteiger partial charge in [-0.05, 0) is 67.5 Å². The molecule has 3 aliphatic rings. The maximum absolute atomic E-state index is 13.1. The Balaban J connectivity index is 1.36. The molecule has 5 rings (SSSR count). The molecule has 1 amide bonds. The highest BCUT2D eigenvalue weighted by Crippen LogP contribution is 2.52. The predicted octanol–water partition coefficient (Wildman–Crippen LogP) is 6.75. The lowest BCUT2D eigenvalue weighted by molar-refractivity contribution is -0.942. The number of quaternary nitrogens is 1. The van der Waals surface area contributed by atoms with E-state index in [9.17, 15) is 9.90 Å². The first-order valence-electron chi connectivity index (χ1n) is 14.0. The molecule has 3 fully saturated rings. The summed E-state index contributed by atoms with van der Waals surface area (Å²) in [6.07, 6.45) is 7.24. The number of nitrogens with one attached hydrogen (secondary N) is 1. The second-order valence-electron chi connectivity index (χ2n) is 12.6. The average Bonchev–Trinajstić information content (AvgIpc) is 3.65. The topological polar surface area (TPSA) is 49.3 Å². The number of rotatable bonds is 8. The average molecular weight is 545 g/mol. The molecule has 2 N–H and O–H groups in total. The Morgan fingerprint density at radius 2 is 1.92 bits per heavy atom. The van der Waals surface area contributed by atoms with Crippen LogP contribution in [-0.4, -0.2) is 47.7 Å². The minimum atomic E-state index is -0.0131. The van der Waals surface area contributed by atoms with E-state index in [1.165, 1.54) is 49.1 Å². The number of carbonyl (C=O) groups is 1. The second-order valence-corrected chi connectivity index (χ2v) is 13.4. The van der Waals surface area contributed by atoms with E-state index in [-0.39, 0.29) is 17.4 Å². The Bertz CT molecular complexity index is 1130. The maximum Gasteiger partial charge on any atom is 0.224 e. The summed E-state index contributed by atoms with van der Waals surface area (Å²) < 4.78 is 1.25. The molecule has 1 aliphatic heterocycles. The van der Waals surface area contributed by atoms with Crippen LogP contribution in [-0.2, 0) is 16.6 Å². The van der Waals surface area contributed by atoms with Gasteiger partial charge in [0.05, 0.1) is 42.6 Å². The van der Waals surface area contributed by atoms with E-state index in [2.05, 4.69) is 25.2 Å². The molecule has 2 saturated carbocycles. The molecule has 1 saturated heterocycles. The van der Waals surface area contributed by atoms with Gasteiger partial charge < -0.3 is 14.9 Å². The molecule has 0 radical (unpaired) electrons. The van der Waals surface area contributed by atoms with Crippen molar-refractivity contribution in [2.75, 3.05) is 26.2 Å². The molecule has 37 heavy (non-hydrogen) atoms. The molecule has 2 aromatic carbocycles. The summed E-state index contributed by atoms with van der Waals surface area (Å²) in [7, 11) is 0. The van der Waals surface area contributed by atoms with E-state index < -0.39 is 0 Å². The van der Waals surface area contributed by atoms with Crippen molar-refractivity contribution in [2.45, 2.75) is 70.3 Å². The molecule has 6 heteroatoms. The van der Waals surface area contributed by atoms with E-state index in [4.69, 9.17) is 23.2 Å². The first-order chi connectivity index (χ1) is 17.7. The number of carbonyl (C=O) groups excluding carboxylic acids is 1. The van der Waals surface area contributed by atoms with Crippen LogP contribution in [0.1, 0.15) is 63.5 Å². The van der Waals surface area contributed by atoms with Gasteiger partial charge in [0.15, 0.2) is 0 Å². The van der Waals surface area contributed by atoms with Crippen LogP contribution in [0.15, 0.2) is 42.5 Å². The van der Waals surface area contributed by atoms with Gasteiger partial charge in [-0.2, -0.15) is 0 Å². The number of likely N-dealkylation sites (tertiary alicyclic amines) is 1. The van der Waals surface area contributed by atoms with Crippen LogP contribution >= 0.6 is 23.2 Å². The first kappa shape index (κ1) is 26.8. The van der Waals surface area contributed by atoms with Crippen molar-refractivity contribution in [3.63, 3.8) is 0 Å². The van der Waals surface area contributed by atoms with Crippen LogP contribution in [0.2, 0.25) is 10.0 Å². The van der Waals surface area contributed by atoms with Gasteiger partial charge in [-0.1, -0.05) is 55.2 Å². The standard InChI is InChI=1S/C31H40Cl2N2O2/c1-21(2)18-35(19-22-6-7-22)13-12-31(24-4-3-5-27(36)16-24)17-26(10-9-25(31)20-35)34-30(37)15-23-8-11-28(32)29(33)14-23/h3-5,8,11,14,16,21-22,25-26H,6-7,9-10,12-13,15,17-20H2,1-2H3,(H-,34,36,37)/p+1/t25?,26-,31-,35+/m1/s1. The minimum Gasteiger partial charge on any atom is -0.508 e. The van der Waals surface area contributed by atoms with E-state index in [0.29, 0.717) is 34.1 Å². The van der Waals surface area contributed by atoms with Crippen molar-refractivity contribution in [1.29, 1.82) is 0 Å². The second kappa shape index (κ2) is 10.8. The highest BCUT2D eigenvalue weighted by Gasteiger charge is 2.54. The smallest absolute Gasteiger partial charge is 0.224 e. The zero-order valence-corrected chi connectivity index (χ0v) is 23.7. The highest BCUT2D eigenvalue weighted by atomic mass is 35.5. The molecule has 1 unspecified atom stereocenters. The monoisotopic (exact) mass is 543 g/mol. The van der Waals surface area contributed by atoms with E-state index in [1.54, 1.807) is 18.2 Å². The van der Waals surface area contributed by atoms with Gasteiger partial charge >= 0.3 is 0 Å². The fraction of sp³-hybridized carbons (Fsp3) is 0.581. The number of phenols is 1. The Hall–Kier alpha value is -1.75. The molecule has 4 nitrogen and oxygen atoms in total. The summed E-state index contributed by atoms with van der Waals surface area (Å²) in [6.45, 7) is 9.72. The van der Waals surface area contributed by atoms with Crippen molar-refractivity contribution < 1.29 is 14.4 Å². The van der Waals surface area contributed by atoms with E-state index in [0.717, 1.165) is 37.2 Å². The number of halogens is 2. The van der Waals surface area contributed by atoms with Crippen molar-refractivity contribution in [3.8, 4) is 5.75 Å². The van der Waals surface area contributed by atoms with E-state index >= 15 is 0 Å². The molecule has 0 bridgehead atoms. The van der Waals surface area contributed by atoms with Crippen molar-refractivity contribution >= 4 is 29.1 Å². The van der Waals surface area contributed by atoms with Crippen LogP contribution in [0.5, 0.6) is 5.75 Å². The summed E-state index contributed by atoms with van der Waals surface area (Å²) in [4.78, 5) is 13.1. The van der Waals surface area contributed by atoms with Crippen LogP contribution in [0.3, 0.4) is 0 Å². The highest BCUT2D eigenvalue weighted by molar-refractivity contribution is 6.42. The molecule has 1 heterocycles. The van der Waals surface area contributed by atoms with Crippen LogP contribution < -0.4 is 5.32 Å². The number of amides is 1. The van der Waals surface area contributed by atoms with Crippen LogP contribution in [0, 0.1) is 17.8 Å². The van der Waals surface area contributed by atoms with Gasteiger partial charge in [0, 0.05) is 35.6 Å². The molecule has 2 aliphatic carbocycles. The van der Waals surface area contributed by atoms with Crippen molar-refractivity contribution in [3.05, 3.63) is 63.6 Å². The number of aromatic hydroxyl groups is 1. The fourth-order valence-electron chi connectivity index (χ4n) is 7.53. The van der Waals surface area contributed by atoms with Gasteiger partial charge in [0.1, 0.15) is 5.75 Å². The Morgan fingerprint density at radius 3 is 2.62 bits per heavy atom. The molecular weight excluding hydrogens is 503 g/mol. The lowest BCUT2D eigenvalue weighted by Gasteiger charge is -2.57. The summed E-state index contributed by atoms with van der Waals surface area (Å²) in [5, 5.41) is 14.7. The number of hydrogen-bond acceptors (Lipinski definition) is 2. The number of fused-ring (bicyclic) bond motifs is 1. The normalized spacial score (nSPS) is 29.6. The van der Waals surface area contributed by atoms with E-state index in [1.807, 2.05) is 18.2 Å². The quantitative estimate of drug-likeness (QED) is 0.361. The zero-order chi connectivity index (χ0) is 26.2. The minimum absolute atomic E-state index is 0.0131. The van der Waals surface area contributed by atoms with Gasteiger partial charge in [-0.25, -0.2) is 0 Å². The molecule has 0 aromatic heterocycles. The fourth-order valence-corrected chi connectivity index (χ4v) is 7.85. The molecular formula is C31H41Cl2N2O2+. The number of benzene rings is 2. The van der Waals surface area contributed by atoms with Crippen molar-refractivity contribution in [2.24, 2.45) is 17.8 Å². The lowest BCUT2D eigenvalue weighted by Crippen LogP contribution is -2.64. The molecule has 200 valence electrons.